The van der Waals surface area contributed by atoms with Crippen LogP contribution in [0, 0.1) is 0 Å². The Balaban J connectivity index is 1.63. The molecule has 128 valence electrons. The van der Waals surface area contributed by atoms with Gasteiger partial charge in [-0.05, 0) is 32.2 Å². The SMILES string of the molecule is CS(=O)(=O)N1CCC[C@H]1C(=O)NCCCCN1CCOCC1. The first-order valence-corrected chi connectivity index (χ1v) is 9.88. The molecule has 2 fully saturated rings. The lowest BCUT2D eigenvalue weighted by Crippen LogP contribution is -2.45. The van der Waals surface area contributed by atoms with Crippen molar-refractivity contribution in [2.24, 2.45) is 0 Å². The van der Waals surface area contributed by atoms with Crippen LogP contribution >= 0.6 is 0 Å². The highest BCUT2D eigenvalue weighted by molar-refractivity contribution is 7.88. The summed E-state index contributed by atoms with van der Waals surface area (Å²) < 4.78 is 29.9. The molecule has 1 amide bonds. The Hall–Kier alpha value is -0.700. The first-order chi connectivity index (χ1) is 10.5. The van der Waals surface area contributed by atoms with Crippen molar-refractivity contribution in [1.29, 1.82) is 0 Å². The van der Waals surface area contributed by atoms with Crippen LogP contribution in [0.4, 0.5) is 0 Å². The fourth-order valence-corrected chi connectivity index (χ4v) is 4.14. The van der Waals surface area contributed by atoms with Gasteiger partial charge in [-0.1, -0.05) is 0 Å². The van der Waals surface area contributed by atoms with E-state index in [-0.39, 0.29) is 5.91 Å². The molecule has 22 heavy (non-hydrogen) atoms. The lowest BCUT2D eigenvalue weighted by atomic mass is 10.2. The Morgan fingerprint density at radius 2 is 1.95 bits per heavy atom. The number of nitrogens with zero attached hydrogens (tertiary/aromatic N) is 2. The third kappa shape index (κ3) is 5.19. The minimum Gasteiger partial charge on any atom is -0.379 e. The van der Waals surface area contributed by atoms with E-state index >= 15 is 0 Å². The van der Waals surface area contributed by atoms with E-state index in [0.29, 0.717) is 19.5 Å². The van der Waals surface area contributed by atoms with Crippen LogP contribution in [0.5, 0.6) is 0 Å². The van der Waals surface area contributed by atoms with Gasteiger partial charge in [-0.3, -0.25) is 9.69 Å². The maximum absolute atomic E-state index is 12.1. The maximum atomic E-state index is 12.1. The van der Waals surface area contributed by atoms with E-state index in [2.05, 4.69) is 10.2 Å². The first kappa shape index (κ1) is 17.7. The molecule has 2 rings (SSSR count). The van der Waals surface area contributed by atoms with Crippen molar-refractivity contribution < 1.29 is 17.9 Å². The normalized spacial score (nSPS) is 24.5. The predicted octanol–water partition coefficient (Wildman–Crippen LogP) is -0.361. The van der Waals surface area contributed by atoms with Gasteiger partial charge in [-0.15, -0.1) is 0 Å². The second-order valence-corrected chi connectivity index (χ2v) is 7.92. The van der Waals surface area contributed by atoms with Crippen molar-refractivity contribution in [1.82, 2.24) is 14.5 Å². The number of amides is 1. The number of nitrogens with one attached hydrogen (secondary N) is 1. The van der Waals surface area contributed by atoms with Gasteiger partial charge in [0.15, 0.2) is 0 Å². The molecule has 2 aliphatic rings. The monoisotopic (exact) mass is 333 g/mol. The van der Waals surface area contributed by atoms with E-state index in [4.69, 9.17) is 4.74 Å². The Morgan fingerprint density at radius 1 is 1.23 bits per heavy atom. The van der Waals surface area contributed by atoms with Crippen LogP contribution in [0.1, 0.15) is 25.7 Å². The second kappa shape index (κ2) is 8.24. The highest BCUT2D eigenvalue weighted by Crippen LogP contribution is 2.20. The second-order valence-electron chi connectivity index (χ2n) is 5.98. The fourth-order valence-electron chi connectivity index (χ4n) is 3.01. The summed E-state index contributed by atoms with van der Waals surface area (Å²) in [4.78, 5) is 14.5. The topological polar surface area (TPSA) is 79.0 Å². The lowest BCUT2D eigenvalue weighted by molar-refractivity contribution is -0.124. The molecular formula is C14H27N3O4S. The minimum absolute atomic E-state index is 0.158. The van der Waals surface area contributed by atoms with Crippen molar-refractivity contribution in [3.63, 3.8) is 0 Å². The zero-order chi connectivity index (χ0) is 16.0. The third-order valence-corrected chi connectivity index (χ3v) is 5.53. The van der Waals surface area contributed by atoms with Crippen LogP contribution in [0.3, 0.4) is 0 Å². The van der Waals surface area contributed by atoms with Crippen molar-refractivity contribution in [3.05, 3.63) is 0 Å². The van der Waals surface area contributed by atoms with E-state index < -0.39 is 16.1 Å². The van der Waals surface area contributed by atoms with Crippen LogP contribution in [0.15, 0.2) is 0 Å². The van der Waals surface area contributed by atoms with E-state index in [1.165, 1.54) is 10.6 Å². The van der Waals surface area contributed by atoms with Crippen LogP contribution in [0.2, 0.25) is 0 Å². The molecule has 0 bridgehead atoms. The Bertz CT molecular complexity index is 463. The molecule has 1 atom stereocenters. The number of rotatable bonds is 7. The van der Waals surface area contributed by atoms with Gasteiger partial charge in [-0.2, -0.15) is 4.31 Å². The van der Waals surface area contributed by atoms with Crippen molar-refractivity contribution in [2.45, 2.75) is 31.7 Å². The number of sulfonamides is 1. The number of hydrogen-bond donors (Lipinski definition) is 1. The Kier molecular flexibility index (Phi) is 6.61. The van der Waals surface area contributed by atoms with Gasteiger partial charge in [0, 0.05) is 26.2 Å². The zero-order valence-corrected chi connectivity index (χ0v) is 14.1. The number of morpholine rings is 1. The Morgan fingerprint density at radius 3 is 2.64 bits per heavy atom. The molecular weight excluding hydrogens is 306 g/mol. The molecule has 0 radical (unpaired) electrons. The van der Waals surface area contributed by atoms with Crippen molar-refractivity contribution in [3.8, 4) is 0 Å². The molecule has 1 N–H and O–H groups in total. The number of ether oxygens (including phenoxy) is 1. The van der Waals surface area contributed by atoms with Gasteiger partial charge in [0.25, 0.3) is 0 Å². The van der Waals surface area contributed by atoms with Crippen LogP contribution in [-0.2, 0) is 19.6 Å². The van der Waals surface area contributed by atoms with Gasteiger partial charge in [0.2, 0.25) is 15.9 Å². The van der Waals surface area contributed by atoms with E-state index in [1.54, 1.807) is 0 Å². The van der Waals surface area contributed by atoms with Gasteiger partial charge in [0.05, 0.1) is 19.5 Å². The van der Waals surface area contributed by atoms with Crippen molar-refractivity contribution in [2.75, 3.05) is 52.2 Å². The van der Waals surface area contributed by atoms with Gasteiger partial charge in [-0.25, -0.2) is 8.42 Å². The largest absolute Gasteiger partial charge is 0.379 e. The van der Waals surface area contributed by atoms with Crippen LogP contribution < -0.4 is 5.32 Å². The summed E-state index contributed by atoms with van der Waals surface area (Å²) in [7, 11) is -3.29. The fraction of sp³-hybridized carbons (Fsp3) is 0.929. The van der Waals surface area contributed by atoms with Gasteiger partial charge < -0.3 is 10.1 Å². The molecule has 2 heterocycles. The standard InChI is InChI=1S/C14H27N3O4S/c1-22(19,20)17-8-4-5-13(17)14(18)15-6-2-3-7-16-9-11-21-12-10-16/h13H,2-12H2,1H3,(H,15,18)/t13-/m0/s1. The van der Waals surface area contributed by atoms with E-state index in [1.807, 2.05) is 0 Å². The van der Waals surface area contributed by atoms with Gasteiger partial charge in [0.1, 0.15) is 6.04 Å². The van der Waals surface area contributed by atoms with E-state index in [9.17, 15) is 13.2 Å². The molecule has 0 aromatic carbocycles. The van der Waals surface area contributed by atoms with Gasteiger partial charge >= 0.3 is 0 Å². The highest BCUT2D eigenvalue weighted by atomic mass is 32.2. The van der Waals surface area contributed by atoms with Crippen molar-refractivity contribution >= 4 is 15.9 Å². The summed E-state index contributed by atoms with van der Waals surface area (Å²) in [5, 5.41) is 2.88. The molecule has 2 aliphatic heterocycles. The number of hydrogen-bond acceptors (Lipinski definition) is 5. The molecule has 0 saturated carbocycles. The maximum Gasteiger partial charge on any atom is 0.238 e. The molecule has 7 nitrogen and oxygen atoms in total. The minimum atomic E-state index is -3.29. The van der Waals surface area contributed by atoms with Crippen LogP contribution in [-0.4, -0.2) is 81.8 Å². The average molecular weight is 333 g/mol. The number of carbonyl (C=O) groups excluding carboxylic acids is 1. The van der Waals surface area contributed by atoms with E-state index in [0.717, 1.165) is 52.1 Å². The summed E-state index contributed by atoms with van der Waals surface area (Å²) in [6, 6.07) is -0.519. The smallest absolute Gasteiger partial charge is 0.238 e. The molecule has 0 unspecified atom stereocenters. The summed E-state index contributed by atoms with van der Waals surface area (Å²) in [6.07, 6.45) is 4.48. The third-order valence-electron chi connectivity index (χ3n) is 4.24. The summed E-state index contributed by atoms with van der Waals surface area (Å²) in [5.41, 5.74) is 0. The first-order valence-electron chi connectivity index (χ1n) is 8.03. The number of carbonyl (C=O) groups is 1. The molecule has 0 aromatic heterocycles. The average Bonchev–Trinajstić information content (AvgIpc) is 2.97. The molecule has 0 aromatic rings. The van der Waals surface area contributed by atoms with Crippen LogP contribution in [0.25, 0.3) is 0 Å². The molecule has 0 aliphatic carbocycles. The molecule has 8 heteroatoms. The summed E-state index contributed by atoms with van der Waals surface area (Å²) >= 11 is 0. The predicted molar refractivity (Wildman–Crippen MR) is 84.1 cm³/mol. The molecule has 2 saturated heterocycles. The molecule has 0 spiro atoms. The zero-order valence-electron chi connectivity index (χ0n) is 13.3. The highest BCUT2D eigenvalue weighted by Gasteiger charge is 2.36. The Labute approximate surface area is 133 Å². The summed E-state index contributed by atoms with van der Waals surface area (Å²) in [5.74, 6) is -0.158. The quantitative estimate of drug-likeness (QED) is 0.644. The number of unbranched alkanes of at least 4 members (excludes halogenated alkanes) is 1. The summed E-state index contributed by atoms with van der Waals surface area (Å²) in [6.45, 7) is 5.67. The lowest BCUT2D eigenvalue weighted by Gasteiger charge is -2.26.